The van der Waals surface area contributed by atoms with Gasteiger partial charge in [-0.1, -0.05) is 0 Å². The lowest BCUT2D eigenvalue weighted by molar-refractivity contribution is -0.386. The summed E-state index contributed by atoms with van der Waals surface area (Å²) in [6.45, 7) is 0.0141. The number of nitro groups is 1. The zero-order valence-electron chi connectivity index (χ0n) is 8.82. The molecule has 0 radical (unpaired) electrons. The number of carbonyl (C=O) groups is 1. The van der Waals surface area contributed by atoms with Crippen LogP contribution in [0.25, 0.3) is 0 Å². The van der Waals surface area contributed by atoms with Gasteiger partial charge in [0, 0.05) is 6.07 Å². The Morgan fingerprint density at radius 2 is 2.11 bits per heavy atom. The third-order valence-corrected chi connectivity index (χ3v) is 2.36. The lowest BCUT2D eigenvalue weighted by Gasteiger charge is -2.09. The molecule has 1 amide bonds. The molecular weight excluding hydrogens is 268 g/mol. The van der Waals surface area contributed by atoms with Crippen LogP contribution in [-0.4, -0.2) is 27.8 Å². The summed E-state index contributed by atoms with van der Waals surface area (Å²) in [5.41, 5.74) is -0.334. The summed E-state index contributed by atoms with van der Waals surface area (Å²) in [4.78, 5) is 20.6. The van der Waals surface area contributed by atoms with Crippen LogP contribution in [0, 0.1) is 10.1 Å². The minimum atomic E-state index is -0.823. The predicted molar refractivity (Wildman–Crippen MR) is 60.9 cm³/mol. The second-order valence-corrected chi connectivity index (χ2v) is 3.46. The van der Waals surface area contributed by atoms with Crippen molar-refractivity contribution in [2.45, 2.75) is 6.04 Å². The SMILES string of the molecule is Cl.O=C1N[C@@H](c2cc(O)c(O)c([N+](=O)[O-])c2)CO1. The molecule has 0 aromatic heterocycles. The Morgan fingerprint density at radius 1 is 1.44 bits per heavy atom. The Kier molecular flexibility index (Phi) is 3.82. The summed E-state index contributed by atoms with van der Waals surface area (Å²) in [5, 5.41) is 31.7. The number of hydrogen-bond donors (Lipinski definition) is 3. The predicted octanol–water partition coefficient (Wildman–Crippen LogP) is 1.21. The Labute approximate surface area is 107 Å². The molecular formula is C9H9ClN2O6. The number of amides is 1. The van der Waals surface area contributed by atoms with Crippen LogP contribution < -0.4 is 5.32 Å². The molecule has 0 spiro atoms. The molecule has 0 aliphatic carbocycles. The summed E-state index contributed by atoms with van der Waals surface area (Å²) in [5.74, 6) is -1.42. The highest BCUT2D eigenvalue weighted by molar-refractivity contribution is 5.85. The first kappa shape index (κ1) is 13.8. The molecule has 2 rings (SSSR count). The number of hydrogen-bond acceptors (Lipinski definition) is 6. The monoisotopic (exact) mass is 276 g/mol. The van der Waals surface area contributed by atoms with Crippen LogP contribution in [0.3, 0.4) is 0 Å². The third kappa shape index (κ3) is 2.38. The summed E-state index contributed by atoms with van der Waals surface area (Å²) < 4.78 is 4.63. The van der Waals surface area contributed by atoms with E-state index in [1.165, 1.54) is 0 Å². The maximum Gasteiger partial charge on any atom is 0.407 e. The molecule has 1 aromatic carbocycles. The number of halogens is 1. The quantitative estimate of drug-likeness (QED) is 0.424. The Bertz CT molecular complexity index is 506. The lowest BCUT2D eigenvalue weighted by atomic mass is 10.1. The lowest BCUT2D eigenvalue weighted by Crippen LogP contribution is -2.18. The number of phenols is 2. The second kappa shape index (κ2) is 4.96. The molecule has 0 unspecified atom stereocenters. The molecule has 1 aromatic rings. The number of rotatable bonds is 2. The molecule has 1 aliphatic heterocycles. The number of benzene rings is 1. The fraction of sp³-hybridized carbons (Fsp3) is 0.222. The zero-order chi connectivity index (χ0) is 12.6. The number of aromatic hydroxyl groups is 2. The number of carbonyl (C=O) groups excluding carboxylic acids is 1. The van der Waals surface area contributed by atoms with Crippen molar-refractivity contribution in [2.24, 2.45) is 0 Å². The molecule has 18 heavy (non-hydrogen) atoms. The first-order chi connectivity index (χ1) is 7.99. The second-order valence-electron chi connectivity index (χ2n) is 3.46. The normalized spacial score (nSPS) is 17.6. The summed E-state index contributed by atoms with van der Waals surface area (Å²) in [6.07, 6.45) is -0.634. The van der Waals surface area contributed by atoms with Crippen molar-refractivity contribution in [3.05, 3.63) is 27.8 Å². The van der Waals surface area contributed by atoms with Gasteiger partial charge in [-0.3, -0.25) is 10.1 Å². The zero-order valence-corrected chi connectivity index (χ0v) is 9.64. The third-order valence-electron chi connectivity index (χ3n) is 2.36. The minimum Gasteiger partial charge on any atom is -0.504 e. The van der Waals surface area contributed by atoms with Crippen molar-refractivity contribution in [1.82, 2.24) is 5.32 Å². The maximum atomic E-state index is 10.8. The van der Waals surface area contributed by atoms with Crippen LogP contribution >= 0.6 is 12.4 Å². The molecule has 98 valence electrons. The largest absolute Gasteiger partial charge is 0.504 e. The molecule has 3 N–H and O–H groups in total. The van der Waals surface area contributed by atoms with Crippen LogP contribution in [0.5, 0.6) is 11.5 Å². The molecule has 0 saturated carbocycles. The van der Waals surface area contributed by atoms with Gasteiger partial charge in [-0.25, -0.2) is 4.79 Å². The van der Waals surface area contributed by atoms with E-state index in [9.17, 15) is 25.1 Å². The fourth-order valence-electron chi connectivity index (χ4n) is 1.53. The van der Waals surface area contributed by atoms with E-state index in [1.807, 2.05) is 0 Å². The van der Waals surface area contributed by atoms with Gasteiger partial charge in [0.2, 0.25) is 5.75 Å². The highest BCUT2D eigenvalue weighted by Crippen LogP contribution is 2.38. The van der Waals surface area contributed by atoms with E-state index in [2.05, 4.69) is 10.1 Å². The Hall–Kier alpha value is -2.22. The van der Waals surface area contributed by atoms with Crippen molar-refractivity contribution < 1.29 is 24.7 Å². The molecule has 1 fully saturated rings. The number of cyclic esters (lactones) is 1. The van der Waals surface area contributed by atoms with Crippen LogP contribution in [0.4, 0.5) is 10.5 Å². The van der Waals surface area contributed by atoms with E-state index in [0.717, 1.165) is 12.1 Å². The average molecular weight is 277 g/mol. The van der Waals surface area contributed by atoms with E-state index >= 15 is 0 Å². The first-order valence-electron chi connectivity index (χ1n) is 4.62. The fourth-order valence-corrected chi connectivity index (χ4v) is 1.53. The van der Waals surface area contributed by atoms with Gasteiger partial charge < -0.3 is 20.3 Å². The van der Waals surface area contributed by atoms with Crippen molar-refractivity contribution in [3.63, 3.8) is 0 Å². The summed E-state index contributed by atoms with van der Waals surface area (Å²) >= 11 is 0. The highest BCUT2D eigenvalue weighted by atomic mass is 35.5. The average Bonchev–Trinajstić information content (AvgIpc) is 2.68. The number of ether oxygens (including phenoxy) is 1. The van der Waals surface area contributed by atoms with Gasteiger partial charge >= 0.3 is 11.8 Å². The number of alkyl carbamates (subject to hydrolysis) is 1. The summed E-state index contributed by atoms with van der Waals surface area (Å²) in [7, 11) is 0. The van der Waals surface area contributed by atoms with Crippen molar-refractivity contribution in [3.8, 4) is 11.5 Å². The topological polar surface area (TPSA) is 122 Å². The van der Waals surface area contributed by atoms with Gasteiger partial charge in [0.1, 0.15) is 6.61 Å². The van der Waals surface area contributed by atoms with E-state index in [1.54, 1.807) is 0 Å². The van der Waals surface area contributed by atoms with Gasteiger partial charge in [-0.15, -0.1) is 12.4 Å². The van der Waals surface area contributed by atoms with E-state index in [0.29, 0.717) is 0 Å². The van der Waals surface area contributed by atoms with Gasteiger partial charge in [0.25, 0.3) is 0 Å². The van der Waals surface area contributed by atoms with Crippen LogP contribution in [0.2, 0.25) is 0 Å². The molecule has 1 atom stereocenters. The number of phenolic OH excluding ortho intramolecular Hbond substituents is 2. The van der Waals surface area contributed by atoms with Gasteiger partial charge in [-0.05, 0) is 11.6 Å². The van der Waals surface area contributed by atoms with E-state index in [-0.39, 0.29) is 24.6 Å². The van der Waals surface area contributed by atoms with Crippen molar-refractivity contribution in [2.75, 3.05) is 6.61 Å². The standard InChI is InChI=1S/C9H8N2O6.ClH/c12-7-2-4(5-3-17-9(14)10-5)1-6(8(7)13)11(15)16;/h1-2,5,12-13H,3H2,(H,10,14);1H/t5-;/m1./s1. The number of nitrogens with zero attached hydrogens (tertiary/aromatic N) is 1. The number of nitrogens with one attached hydrogen (secondary N) is 1. The van der Waals surface area contributed by atoms with Crippen LogP contribution in [0.1, 0.15) is 11.6 Å². The van der Waals surface area contributed by atoms with Crippen molar-refractivity contribution >= 4 is 24.2 Å². The smallest absolute Gasteiger partial charge is 0.407 e. The highest BCUT2D eigenvalue weighted by Gasteiger charge is 2.28. The molecule has 1 aliphatic rings. The van der Waals surface area contributed by atoms with Crippen LogP contribution in [-0.2, 0) is 4.74 Å². The molecule has 8 nitrogen and oxygen atoms in total. The maximum absolute atomic E-state index is 10.8. The molecule has 1 saturated heterocycles. The van der Waals surface area contributed by atoms with Gasteiger partial charge in [-0.2, -0.15) is 0 Å². The van der Waals surface area contributed by atoms with E-state index < -0.39 is 34.2 Å². The van der Waals surface area contributed by atoms with Gasteiger partial charge in [0.05, 0.1) is 11.0 Å². The molecule has 9 heteroatoms. The molecule has 1 heterocycles. The molecule has 0 bridgehead atoms. The van der Waals surface area contributed by atoms with E-state index in [4.69, 9.17) is 0 Å². The van der Waals surface area contributed by atoms with Crippen molar-refractivity contribution in [1.29, 1.82) is 0 Å². The first-order valence-corrected chi connectivity index (χ1v) is 4.62. The minimum absolute atomic E-state index is 0. The van der Waals surface area contributed by atoms with Gasteiger partial charge in [0.15, 0.2) is 5.75 Å². The Morgan fingerprint density at radius 3 is 2.61 bits per heavy atom. The summed E-state index contributed by atoms with van der Waals surface area (Å²) in [6, 6.07) is 1.64. The van der Waals surface area contributed by atoms with Crippen LogP contribution in [0.15, 0.2) is 12.1 Å². The number of nitro benzene ring substituents is 1. The Balaban J connectivity index is 0.00000162.